The van der Waals surface area contributed by atoms with Gasteiger partial charge in [-0.25, -0.2) is 5.43 Å². The van der Waals surface area contributed by atoms with Crippen LogP contribution >= 0.6 is 15.9 Å². The maximum Gasteiger partial charge on any atom is 0.241 e. The zero-order valence-electron chi connectivity index (χ0n) is 15.8. The summed E-state index contributed by atoms with van der Waals surface area (Å²) in [7, 11) is 0. The van der Waals surface area contributed by atoms with Crippen LogP contribution in [0.4, 0.5) is 0 Å². The molecular weight excluding hydrogens is 426 g/mol. The number of allylic oxidation sites excluding steroid dienone is 1. The van der Waals surface area contributed by atoms with Crippen molar-refractivity contribution in [3.63, 3.8) is 0 Å². The molecule has 0 bridgehead atoms. The fourth-order valence-electron chi connectivity index (χ4n) is 3.43. The van der Waals surface area contributed by atoms with E-state index in [1.54, 1.807) is 6.21 Å². The third-order valence-corrected chi connectivity index (χ3v) is 5.16. The Bertz CT molecular complexity index is 1160. The molecule has 144 valence electrons. The summed E-state index contributed by atoms with van der Waals surface area (Å²) in [6.07, 6.45) is 3.87. The topological polar surface area (TPSA) is 46.4 Å². The lowest BCUT2D eigenvalue weighted by Crippen LogP contribution is -2.19. The lowest BCUT2D eigenvalue weighted by atomic mass is 10.2. The number of rotatable bonds is 6. The first-order chi connectivity index (χ1) is 14.2. The van der Waals surface area contributed by atoms with Crippen molar-refractivity contribution in [3.8, 4) is 0 Å². The molecule has 0 spiro atoms. The van der Waals surface area contributed by atoms with E-state index in [9.17, 15) is 4.79 Å². The first kappa shape index (κ1) is 19.2. The number of halogens is 1. The first-order valence-corrected chi connectivity index (χ1v) is 10.2. The average Bonchev–Trinajstić information content (AvgIpc) is 3.07. The standard InChI is InChI=1S/C24H20BrN3O/c25-19(16-18-8-2-1-3-9-18)17-26-27-24(29)14-15-28-22-12-6-4-10-20(22)21-11-5-7-13-23(21)28/h1-13,16-17H,14-15H2,(H,27,29)/b19-16-,26-17+. The van der Waals surface area contributed by atoms with Gasteiger partial charge in [-0.2, -0.15) is 5.10 Å². The zero-order valence-corrected chi connectivity index (χ0v) is 17.3. The van der Waals surface area contributed by atoms with E-state index in [1.165, 1.54) is 10.8 Å². The number of aryl methyl sites for hydroxylation is 1. The molecule has 1 aromatic heterocycles. The minimum atomic E-state index is -0.122. The second-order valence-electron chi connectivity index (χ2n) is 6.67. The van der Waals surface area contributed by atoms with Crippen LogP contribution in [0.25, 0.3) is 27.9 Å². The Labute approximate surface area is 177 Å². The third kappa shape index (κ3) is 4.46. The van der Waals surface area contributed by atoms with E-state index < -0.39 is 0 Å². The van der Waals surface area contributed by atoms with Crippen LogP contribution in [0.3, 0.4) is 0 Å². The minimum absolute atomic E-state index is 0.122. The maximum absolute atomic E-state index is 12.3. The molecule has 3 aromatic carbocycles. The summed E-state index contributed by atoms with van der Waals surface area (Å²) in [6.45, 7) is 0.594. The summed E-state index contributed by atoms with van der Waals surface area (Å²) < 4.78 is 2.98. The number of hydrazone groups is 1. The molecule has 1 amide bonds. The number of carbonyl (C=O) groups is 1. The van der Waals surface area contributed by atoms with E-state index in [0.717, 1.165) is 21.1 Å². The fraction of sp³-hybridized carbons (Fsp3) is 0.0833. The van der Waals surface area contributed by atoms with Gasteiger partial charge in [-0.3, -0.25) is 4.79 Å². The van der Waals surface area contributed by atoms with Crippen LogP contribution in [0.2, 0.25) is 0 Å². The van der Waals surface area contributed by atoms with Gasteiger partial charge < -0.3 is 4.57 Å². The van der Waals surface area contributed by atoms with Gasteiger partial charge in [-0.15, -0.1) is 0 Å². The first-order valence-electron chi connectivity index (χ1n) is 9.42. The summed E-state index contributed by atoms with van der Waals surface area (Å²) in [4.78, 5) is 12.3. The summed E-state index contributed by atoms with van der Waals surface area (Å²) in [5.41, 5.74) is 5.94. The van der Waals surface area contributed by atoms with Crippen molar-refractivity contribution in [2.45, 2.75) is 13.0 Å². The highest BCUT2D eigenvalue weighted by Crippen LogP contribution is 2.28. The van der Waals surface area contributed by atoms with E-state index in [-0.39, 0.29) is 5.91 Å². The second-order valence-corrected chi connectivity index (χ2v) is 7.58. The minimum Gasteiger partial charge on any atom is -0.340 e. The molecule has 0 aliphatic heterocycles. The molecule has 0 fully saturated rings. The van der Waals surface area contributed by atoms with Crippen molar-refractivity contribution in [1.29, 1.82) is 0 Å². The fourth-order valence-corrected chi connectivity index (χ4v) is 3.79. The molecule has 4 rings (SSSR count). The van der Waals surface area contributed by atoms with E-state index in [0.29, 0.717) is 13.0 Å². The van der Waals surface area contributed by atoms with Gasteiger partial charge in [0.1, 0.15) is 0 Å². The van der Waals surface area contributed by atoms with Crippen LogP contribution in [0.1, 0.15) is 12.0 Å². The van der Waals surface area contributed by atoms with Crippen molar-refractivity contribution < 1.29 is 4.79 Å². The number of nitrogens with one attached hydrogen (secondary N) is 1. The number of benzene rings is 3. The molecule has 4 aromatic rings. The van der Waals surface area contributed by atoms with Crippen molar-refractivity contribution in [3.05, 3.63) is 88.9 Å². The van der Waals surface area contributed by atoms with Crippen LogP contribution in [0.15, 0.2) is 88.4 Å². The molecule has 1 N–H and O–H groups in total. The van der Waals surface area contributed by atoms with Crippen LogP contribution in [0.5, 0.6) is 0 Å². The molecule has 0 aliphatic carbocycles. The molecule has 5 heteroatoms. The van der Waals surface area contributed by atoms with Crippen LogP contribution in [-0.2, 0) is 11.3 Å². The normalized spacial score (nSPS) is 12.1. The smallest absolute Gasteiger partial charge is 0.241 e. The number of nitrogens with zero attached hydrogens (tertiary/aromatic N) is 2. The van der Waals surface area contributed by atoms with Gasteiger partial charge in [0.2, 0.25) is 5.91 Å². The van der Waals surface area contributed by atoms with Crippen molar-refractivity contribution in [2.75, 3.05) is 0 Å². The van der Waals surface area contributed by atoms with E-state index in [2.05, 4.69) is 55.3 Å². The van der Waals surface area contributed by atoms with Crippen LogP contribution < -0.4 is 5.43 Å². The lowest BCUT2D eigenvalue weighted by Gasteiger charge is -2.06. The molecule has 0 saturated carbocycles. The summed E-state index contributed by atoms with van der Waals surface area (Å²) in [5, 5.41) is 6.45. The molecule has 0 aliphatic rings. The van der Waals surface area contributed by atoms with Gasteiger partial charge in [-0.05, 0) is 39.7 Å². The molecule has 0 atom stereocenters. The largest absolute Gasteiger partial charge is 0.340 e. The molecule has 0 unspecified atom stereocenters. The Hall–Kier alpha value is -3.18. The van der Waals surface area contributed by atoms with E-state index in [1.807, 2.05) is 60.7 Å². The number of hydrogen-bond acceptors (Lipinski definition) is 2. The Morgan fingerprint density at radius 2 is 1.48 bits per heavy atom. The van der Waals surface area contributed by atoms with Crippen molar-refractivity contribution in [2.24, 2.45) is 5.10 Å². The predicted octanol–water partition coefficient (Wildman–Crippen LogP) is 5.72. The van der Waals surface area contributed by atoms with Crippen molar-refractivity contribution in [1.82, 2.24) is 9.99 Å². The highest BCUT2D eigenvalue weighted by molar-refractivity contribution is 9.12. The third-order valence-electron chi connectivity index (χ3n) is 4.72. The molecule has 4 nitrogen and oxygen atoms in total. The second kappa shape index (κ2) is 8.88. The van der Waals surface area contributed by atoms with Gasteiger partial charge in [0.25, 0.3) is 0 Å². The van der Waals surface area contributed by atoms with E-state index >= 15 is 0 Å². The molecule has 29 heavy (non-hydrogen) atoms. The highest BCUT2D eigenvalue weighted by Gasteiger charge is 2.10. The summed E-state index contributed by atoms with van der Waals surface area (Å²) >= 11 is 3.45. The monoisotopic (exact) mass is 445 g/mol. The number of carbonyl (C=O) groups excluding carboxylic acids is 1. The predicted molar refractivity (Wildman–Crippen MR) is 124 cm³/mol. The lowest BCUT2D eigenvalue weighted by molar-refractivity contribution is -0.121. The Morgan fingerprint density at radius 3 is 2.14 bits per heavy atom. The van der Waals surface area contributed by atoms with Crippen LogP contribution in [-0.4, -0.2) is 16.7 Å². The Balaban J connectivity index is 1.42. The maximum atomic E-state index is 12.3. The Morgan fingerprint density at radius 1 is 0.897 bits per heavy atom. The SMILES string of the molecule is O=C(CCn1c2ccccc2c2ccccc21)N/N=C/C(Br)=C/c1ccccc1. The number of para-hydroxylation sites is 2. The van der Waals surface area contributed by atoms with Gasteiger partial charge >= 0.3 is 0 Å². The number of amides is 1. The summed E-state index contributed by atoms with van der Waals surface area (Å²) in [5.74, 6) is -0.122. The number of fused-ring (bicyclic) bond motifs is 3. The Kier molecular flexibility index (Phi) is 5.86. The molecular formula is C24H20BrN3O. The number of aromatic nitrogens is 1. The number of hydrogen-bond donors (Lipinski definition) is 1. The van der Waals surface area contributed by atoms with Gasteiger partial charge in [0.15, 0.2) is 0 Å². The summed E-state index contributed by atoms with van der Waals surface area (Å²) in [6, 6.07) is 26.5. The molecule has 1 heterocycles. The molecule has 0 radical (unpaired) electrons. The van der Waals surface area contributed by atoms with E-state index in [4.69, 9.17) is 0 Å². The van der Waals surface area contributed by atoms with Gasteiger partial charge in [0.05, 0.1) is 6.21 Å². The van der Waals surface area contributed by atoms with Crippen LogP contribution in [0, 0.1) is 0 Å². The average molecular weight is 446 g/mol. The van der Waals surface area contributed by atoms with Crippen molar-refractivity contribution >= 4 is 55.9 Å². The van der Waals surface area contributed by atoms with Gasteiger partial charge in [0, 0.05) is 39.3 Å². The highest BCUT2D eigenvalue weighted by atomic mass is 79.9. The molecule has 0 saturated heterocycles. The quantitative estimate of drug-likeness (QED) is 0.299. The zero-order chi connectivity index (χ0) is 20.1. The van der Waals surface area contributed by atoms with Gasteiger partial charge in [-0.1, -0.05) is 66.7 Å².